The van der Waals surface area contributed by atoms with Gasteiger partial charge in [0.25, 0.3) is 0 Å². The number of carbonyl (C=O) groups excluding carboxylic acids is 1. The zero-order valence-electron chi connectivity index (χ0n) is 8.12. The van der Waals surface area contributed by atoms with Crippen LogP contribution in [-0.2, 0) is 9.53 Å². The van der Waals surface area contributed by atoms with Crippen molar-refractivity contribution in [2.24, 2.45) is 5.73 Å². The second kappa shape index (κ2) is 8.72. The first kappa shape index (κ1) is 13.1. The molecule has 0 aliphatic carbocycles. The van der Waals surface area contributed by atoms with Crippen LogP contribution in [0.15, 0.2) is 0 Å². The number of thioether (sulfide) groups is 2. The molecule has 0 rings (SSSR count). The van der Waals surface area contributed by atoms with E-state index in [2.05, 4.69) is 11.0 Å². The third-order valence-electron chi connectivity index (χ3n) is 1.51. The minimum atomic E-state index is -0.452. The molecule has 1 unspecified atom stereocenters. The minimum Gasteiger partial charge on any atom is -0.468 e. The van der Waals surface area contributed by atoms with Crippen LogP contribution in [0, 0.1) is 0 Å². The van der Waals surface area contributed by atoms with E-state index < -0.39 is 6.04 Å². The fourth-order valence-corrected chi connectivity index (χ4v) is 2.49. The first-order valence-corrected chi connectivity index (χ1v) is 6.67. The second-order valence-electron chi connectivity index (χ2n) is 2.52. The van der Waals surface area contributed by atoms with Crippen LogP contribution in [0.5, 0.6) is 0 Å². The molecule has 0 amide bonds. The Morgan fingerprint density at radius 1 is 1.46 bits per heavy atom. The van der Waals surface area contributed by atoms with Gasteiger partial charge in [0.1, 0.15) is 6.04 Å². The molecule has 0 aliphatic heterocycles. The summed E-state index contributed by atoms with van der Waals surface area (Å²) in [6.45, 7) is 0. The number of rotatable bonds is 7. The first-order chi connectivity index (χ1) is 6.22. The van der Waals surface area contributed by atoms with E-state index in [0.29, 0.717) is 6.42 Å². The van der Waals surface area contributed by atoms with E-state index in [1.165, 1.54) is 7.11 Å². The number of hydrogen-bond donors (Lipinski definition) is 1. The van der Waals surface area contributed by atoms with Gasteiger partial charge in [-0.2, -0.15) is 23.5 Å². The van der Waals surface area contributed by atoms with Gasteiger partial charge in [0.15, 0.2) is 0 Å². The summed E-state index contributed by atoms with van der Waals surface area (Å²) in [5.74, 6) is 2.88. The number of nitrogens with two attached hydrogens (primary N) is 1. The normalized spacial score (nSPS) is 12.5. The molecule has 0 aromatic carbocycles. The zero-order valence-corrected chi connectivity index (χ0v) is 9.75. The Hall–Kier alpha value is 0.130. The van der Waals surface area contributed by atoms with Crippen LogP contribution in [0.3, 0.4) is 0 Å². The zero-order chi connectivity index (χ0) is 10.1. The molecule has 0 bridgehead atoms. The summed E-state index contributed by atoms with van der Waals surface area (Å²) in [7, 11) is 1.36. The first-order valence-electron chi connectivity index (χ1n) is 4.12. The van der Waals surface area contributed by atoms with Crippen LogP contribution < -0.4 is 5.73 Å². The number of methoxy groups -OCH3 is 1. The topological polar surface area (TPSA) is 52.3 Å². The molecule has 2 N–H and O–H groups in total. The number of ether oxygens (including phenoxy) is 1. The van der Waals surface area contributed by atoms with Gasteiger partial charge < -0.3 is 10.5 Å². The van der Waals surface area contributed by atoms with Crippen molar-refractivity contribution in [1.82, 2.24) is 0 Å². The summed E-state index contributed by atoms with van der Waals surface area (Å²) < 4.78 is 4.51. The van der Waals surface area contributed by atoms with Crippen molar-refractivity contribution in [3.8, 4) is 0 Å². The molecular weight excluding hydrogens is 206 g/mol. The van der Waals surface area contributed by atoms with Gasteiger partial charge in [-0.05, 0) is 18.4 Å². The summed E-state index contributed by atoms with van der Waals surface area (Å²) in [6, 6.07) is -0.452. The van der Waals surface area contributed by atoms with Crippen LogP contribution in [0.25, 0.3) is 0 Å². The van der Waals surface area contributed by atoms with E-state index in [1.54, 1.807) is 0 Å². The van der Waals surface area contributed by atoms with Gasteiger partial charge in [-0.3, -0.25) is 4.79 Å². The van der Waals surface area contributed by atoms with Crippen molar-refractivity contribution in [2.45, 2.75) is 12.5 Å². The van der Waals surface area contributed by atoms with Crippen LogP contribution >= 0.6 is 23.5 Å². The quantitative estimate of drug-likeness (QED) is 0.515. The Balaban J connectivity index is 3.26. The van der Waals surface area contributed by atoms with Crippen LogP contribution in [0.1, 0.15) is 6.42 Å². The lowest BCUT2D eigenvalue weighted by atomic mass is 10.2. The summed E-state index contributed by atoms with van der Waals surface area (Å²) in [5.41, 5.74) is 5.55. The molecule has 0 saturated carbocycles. The van der Waals surface area contributed by atoms with Gasteiger partial charge in [0.2, 0.25) is 0 Å². The highest BCUT2D eigenvalue weighted by Gasteiger charge is 2.12. The molecule has 78 valence electrons. The summed E-state index contributed by atoms with van der Waals surface area (Å²) in [6.07, 6.45) is 2.78. The maximum atomic E-state index is 10.9. The fraction of sp³-hybridized carbons (Fsp3) is 0.875. The van der Waals surface area contributed by atoms with Crippen molar-refractivity contribution in [3.05, 3.63) is 0 Å². The predicted molar refractivity (Wildman–Crippen MR) is 60.3 cm³/mol. The Bertz CT molecular complexity index is 144. The maximum absolute atomic E-state index is 10.9. The van der Waals surface area contributed by atoms with Crippen molar-refractivity contribution < 1.29 is 9.53 Å². The van der Waals surface area contributed by atoms with E-state index in [9.17, 15) is 4.79 Å². The van der Waals surface area contributed by atoms with Gasteiger partial charge in [-0.25, -0.2) is 0 Å². The molecule has 0 aliphatic rings. The van der Waals surface area contributed by atoms with E-state index in [1.807, 2.05) is 23.5 Å². The average Bonchev–Trinajstić information content (AvgIpc) is 2.16. The highest BCUT2D eigenvalue weighted by atomic mass is 32.2. The Morgan fingerprint density at radius 2 is 2.15 bits per heavy atom. The van der Waals surface area contributed by atoms with Crippen LogP contribution in [0.4, 0.5) is 0 Å². The predicted octanol–water partition coefficient (Wildman–Crippen LogP) is 0.973. The smallest absolute Gasteiger partial charge is 0.322 e. The van der Waals surface area contributed by atoms with E-state index in [0.717, 1.165) is 17.3 Å². The van der Waals surface area contributed by atoms with Gasteiger partial charge in [-0.15, -0.1) is 0 Å². The lowest BCUT2D eigenvalue weighted by molar-refractivity contribution is -0.142. The summed E-state index contributed by atoms with van der Waals surface area (Å²) >= 11 is 3.65. The summed E-state index contributed by atoms with van der Waals surface area (Å²) in [5, 5.41) is 0. The average molecular weight is 223 g/mol. The lowest BCUT2D eigenvalue weighted by Crippen LogP contribution is -2.32. The monoisotopic (exact) mass is 223 g/mol. The van der Waals surface area contributed by atoms with E-state index in [4.69, 9.17) is 5.73 Å². The molecule has 0 heterocycles. The SMILES string of the molecule is COC(=O)C(N)CCSCCSC. The molecule has 5 heteroatoms. The molecule has 0 aromatic rings. The third-order valence-corrected chi connectivity index (χ3v) is 3.40. The molecular formula is C8H17NO2S2. The largest absolute Gasteiger partial charge is 0.468 e. The third kappa shape index (κ3) is 7.22. The Labute approximate surface area is 88.2 Å². The second-order valence-corrected chi connectivity index (χ2v) is 4.73. The molecule has 0 radical (unpaired) electrons. The highest BCUT2D eigenvalue weighted by Crippen LogP contribution is 2.07. The van der Waals surface area contributed by atoms with Gasteiger partial charge >= 0.3 is 5.97 Å². The fourth-order valence-electron chi connectivity index (χ4n) is 0.724. The van der Waals surface area contributed by atoms with Crippen molar-refractivity contribution in [2.75, 3.05) is 30.6 Å². The molecule has 0 fully saturated rings. The van der Waals surface area contributed by atoms with Crippen LogP contribution in [-0.4, -0.2) is 42.6 Å². The number of hydrogen-bond acceptors (Lipinski definition) is 5. The van der Waals surface area contributed by atoms with Crippen molar-refractivity contribution in [1.29, 1.82) is 0 Å². The molecule has 1 atom stereocenters. The molecule has 3 nitrogen and oxygen atoms in total. The van der Waals surface area contributed by atoms with E-state index in [-0.39, 0.29) is 5.97 Å². The standard InChI is InChI=1S/C8H17NO2S2/c1-11-8(10)7(9)3-4-13-6-5-12-2/h7H,3-6,9H2,1-2H3. The molecule has 0 spiro atoms. The summed E-state index contributed by atoms with van der Waals surface area (Å²) in [4.78, 5) is 10.9. The van der Waals surface area contributed by atoms with Gasteiger partial charge in [0.05, 0.1) is 7.11 Å². The Morgan fingerprint density at radius 3 is 2.69 bits per heavy atom. The lowest BCUT2D eigenvalue weighted by Gasteiger charge is -2.07. The van der Waals surface area contributed by atoms with Crippen LogP contribution in [0.2, 0.25) is 0 Å². The van der Waals surface area contributed by atoms with Crippen molar-refractivity contribution in [3.63, 3.8) is 0 Å². The maximum Gasteiger partial charge on any atom is 0.322 e. The Kier molecular flexibility index (Phi) is 8.80. The van der Waals surface area contributed by atoms with Gasteiger partial charge in [0, 0.05) is 11.5 Å². The minimum absolute atomic E-state index is 0.314. The van der Waals surface area contributed by atoms with Gasteiger partial charge in [-0.1, -0.05) is 0 Å². The molecule has 0 saturated heterocycles. The molecule has 13 heavy (non-hydrogen) atoms. The molecule has 0 aromatic heterocycles. The van der Waals surface area contributed by atoms with Crippen molar-refractivity contribution >= 4 is 29.5 Å². The van der Waals surface area contributed by atoms with E-state index >= 15 is 0 Å². The highest BCUT2D eigenvalue weighted by molar-refractivity contribution is 8.02. The number of esters is 1. The number of carbonyl (C=O) groups is 1.